The summed E-state index contributed by atoms with van der Waals surface area (Å²) >= 11 is 0. The fraction of sp³-hybridized carbons (Fsp3) is 0.108. The Labute approximate surface area is 465 Å². The number of hydrogen-bond donors (Lipinski definition) is 0. The van der Waals surface area contributed by atoms with Gasteiger partial charge in [0.2, 0.25) is 0 Å². The summed E-state index contributed by atoms with van der Waals surface area (Å²) in [7, 11) is 0. The van der Waals surface area contributed by atoms with Crippen molar-refractivity contribution < 1.29 is 0 Å². The van der Waals surface area contributed by atoms with Gasteiger partial charge >= 0.3 is 0 Å². The van der Waals surface area contributed by atoms with Gasteiger partial charge in [0.25, 0.3) is 6.71 Å². The molecule has 0 saturated carbocycles. The predicted molar refractivity (Wildman–Crippen MR) is 338 cm³/mol. The Bertz CT molecular complexity index is 4190. The summed E-state index contributed by atoms with van der Waals surface area (Å²) in [6, 6.07) is 97.3. The number of aromatic nitrogens is 1. The third-order valence-corrected chi connectivity index (χ3v) is 16.5. The second kappa shape index (κ2) is 18.7. The van der Waals surface area contributed by atoms with Crippen molar-refractivity contribution in [2.24, 2.45) is 0 Å². The number of fused-ring (bicyclic) bond motifs is 7. The molecule has 4 nitrogen and oxygen atoms in total. The number of para-hydroxylation sites is 7. The summed E-state index contributed by atoms with van der Waals surface area (Å²) in [6.45, 7) is 13.6. The van der Waals surface area contributed by atoms with Gasteiger partial charge in [-0.2, -0.15) is 0 Å². The predicted octanol–water partition coefficient (Wildman–Crippen LogP) is 18.3. The van der Waals surface area contributed by atoms with Crippen molar-refractivity contribution in [3.8, 4) is 27.9 Å². The van der Waals surface area contributed by atoms with E-state index in [1.165, 1.54) is 66.0 Å². The number of anilines is 9. The first kappa shape index (κ1) is 48.1. The zero-order valence-electron chi connectivity index (χ0n) is 45.7. The Morgan fingerprint density at radius 2 is 0.747 bits per heavy atom. The van der Waals surface area contributed by atoms with Crippen LogP contribution in [0.3, 0.4) is 0 Å². The van der Waals surface area contributed by atoms with Gasteiger partial charge in [0.1, 0.15) is 0 Å². The van der Waals surface area contributed by atoms with Gasteiger partial charge in [0.05, 0.1) is 28.1 Å². The largest absolute Gasteiger partial charge is 0.311 e. The van der Waals surface area contributed by atoms with Crippen molar-refractivity contribution in [2.75, 3.05) is 14.7 Å². The summed E-state index contributed by atoms with van der Waals surface area (Å²) in [5.41, 5.74) is 24.6. The van der Waals surface area contributed by atoms with Crippen molar-refractivity contribution in [1.82, 2.24) is 4.57 Å². The summed E-state index contributed by atoms with van der Waals surface area (Å²) in [5.74, 6) is 0. The lowest BCUT2D eigenvalue weighted by Gasteiger charge is -2.45. The number of rotatable bonds is 8. The second-order valence-electron chi connectivity index (χ2n) is 23.4. The van der Waals surface area contributed by atoms with E-state index in [4.69, 9.17) is 0 Å². The minimum Gasteiger partial charge on any atom is -0.311 e. The van der Waals surface area contributed by atoms with Crippen molar-refractivity contribution in [3.63, 3.8) is 0 Å². The Hall–Kier alpha value is -9.32. The van der Waals surface area contributed by atoms with Gasteiger partial charge in [-0.15, -0.1) is 0 Å². The van der Waals surface area contributed by atoms with E-state index in [-0.39, 0.29) is 17.5 Å². The minimum atomic E-state index is -0.108. The Morgan fingerprint density at radius 1 is 0.329 bits per heavy atom. The molecule has 14 rings (SSSR count). The molecule has 2 aliphatic rings. The molecule has 0 radical (unpaired) electrons. The average molecular weight is 1020 g/mol. The zero-order chi connectivity index (χ0) is 53.6. The lowest BCUT2D eigenvalue weighted by molar-refractivity contribution is 0.590. The van der Waals surface area contributed by atoms with Crippen LogP contribution in [0.15, 0.2) is 261 Å². The minimum absolute atomic E-state index is 0.0155. The molecule has 12 aromatic rings. The van der Waals surface area contributed by atoms with Crippen molar-refractivity contribution in [2.45, 2.75) is 52.4 Å². The van der Waals surface area contributed by atoms with E-state index in [9.17, 15) is 0 Å². The van der Waals surface area contributed by atoms with Crippen LogP contribution in [0.4, 0.5) is 51.2 Å². The van der Waals surface area contributed by atoms with Crippen LogP contribution in [0.2, 0.25) is 0 Å². The zero-order valence-corrected chi connectivity index (χ0v) is 45.7. The standard InChI is InChI=1S/C74H61BN4/c1-73(2,3)52-41-37-50(38-42-52)58-27-13-18-32-64(58)78-68-36-22-17-31-62(68)75-63-46-45-56(77-66-34-20-15-29-60(66)61-30-16-21-35-67(61)77)47-69(63)79(65-33-19-14-28-59(65)51-39-43-53(44-40-51)74(4,5)6)71-49-57(48-70(78)72(71)75)76(54-23-9-7-10-24-54)55-25-11-8-12-26-55/h7-49H,1-6H3. The van der Waals surface area contributed by atoms with Crippen LogP contribution in [-0.2, 0) is 10.8 Å². The summed E-state index contributed by atoms with van der Waals surface area (Å²) in [4.78, 5) is 7.61. The van der Waals surface area contributed by atoms with Crippen LogP contribution in [0, 0.1) is 0 Å². The summed E-state index contributed by atoms with van der Waals surface area (Å²) < 4.78 is 2.46. The van der Waals surface area contributed by atoms with Gasteiger partial charge in [0, 0.05) is 61.7 Å². The van der Waals surface area contributed by atoms with Crippen molar-refractivity contribution in [1.29, 1.82) is 0 Å². The molecule has 0 unspecified atom stereocenters. The fourth-order valence-electron chi connectivity index (χ4n) is 12.6. The molecule has 0 spiro atoms. The Balaban J connectivity index is 1.10. The van der Waals surface area contributed by atoms with E-state index in [2.05, 4.69) is 322 Å². The van der Waals surface area contributed by atoms with E-state index < -0.39 is 0 Å². The maximum Gasteiger partial charge on any atom is 0.252 e. The number of nitrogens with zero attached hydrogens (tertiary/aromatic N) is 4. The monoisotopic (exact) mass is 1020 g/mol. The fourth-order valence-corrected chi connectivity index (χ4v) is 12.6. The molecule has 0 bridgehead atoms. The maximum atomic E-state index is 2.61. The molecule has 380 valence electrons. The summed E-state index contributed by atoms with van der Waals surface area (Å²) in [6.07, 6.45) is 0. The highest BCUT2D eigenvalue weighted by molar-refractivity contribution is 7.00. The molecule has 0 fully saturated rings. The van der Waals surface area contributed by atoms with E-state index in [1.54, 1.807) is 0 Å². The van der Waals surface area contributed by atoms with Crippen LogP contribution in [0.1, 0.15) is 52.7 Å². The van der Waals surface area contributed by atoms with Crippen molar-refractivity contribution >= 4 is 96.1 Å². The van der Waals surface area contributed by atoms with Gasteiger partial charge in [-0.05, 0) is 128 Å². The van der Waals surface area contributed by atoms with Crippen LogP contribution >= 0.6 is 0 Å². The molecule has 11 aromatic carbocycles. The van der Waals surface area contributed by atoms with Crippen LogP contribution in [-0.4, -0.2) is 11.3 Å². The average Bonchev–Trinajstić information content (AvgIpc) is 3.70. The lowest BCUT2D eigenvalue weighted by atomic mass is 9.33. The van der Waals surface area contributed by atoms with Gasteiger partial charge < -0.3 is 19.3 Å². The van der Waals surface area contributed by atoms with E-state index in [0.29, 0.717) is 0 Å². The van der Waals surface area contributed by atoms with E-state index in [1.807, 2.05) is 0 Å². The molecule has 0 aliphatic carbocycles. The first-order valence-electron chi connectivity index (χ1n) is 27.8. The number of benzene rings is 11. The Kier molecular flexibility index (Phi) is 11.4. The normalized spacial score (nSPS) is 12.9. The smallest absolute Gasteiger partial charge is 0.252 e. The second-order valence-corrected chi connectivity index (χ2v) is 23.4. The molecular weight excluding hydrogens is 956 g/mol. The maximum absolute atomic E-state index is 2.61. The molecule has 0 saturated heterocycles. The molecule has 1 aromatic heterocycles. The molecule has 0 N–H and O–H groups in total. The van der Waals surface area contributed by atoms with Crippen LogP contribution in [0.25, 0.3) is 49.7 Å². The quantitative estimate of drug-likeness (QED) is 0.141. The molecule has 3 heterocycles. The molecule has 79 heavy (non-hydrogen) atoms. The molecular formula is C74H61BN4. The molecule has 0 atom stereocenters. The van der Waals surface area contributed by atoms with Crippen molar-refractivity contribution in [3.05, 3.63) is 272 Å². The topological polar surface area (TPSA) is 14.7 Å². The highest BCUT2D eigenvalue weighted by Gasteiger charge is 2.45. The van der Waals surface area contributed by atoms with Crippen LogP contribution < -0.4 is 31.1 Å². The Morgan fingerprint density at radius 3 is 1.25 bits per heavy atom. The van der Waals surface area contributed by atoms with Crippen LogP contribution in [0.5, 0.6) is 0 Å². The van der Waals surface area contributed by atoms with Gasteiger partial charge in [-0.3, -0.25) is 0 Å². The summed E-state index contributed by atoms with van der Waals surface area (Å²) in [5, 5.41) is 2.48. The molecule has 5 heteroatoms. The van der Waals surface area contributed by atoms with Gasteiger partial charge in [-0.1, -0.05) is 224 Å². The van der Waals surface area contributed by atoms with E-state index in [0.717, 1.165) is 62.4 Å². The third kappa shape index (κ3) is 8.06. The lowest BCUT2D eigenvalue weighted by Crippen LogP contribution is -2.61. The first-order chi connectivity index (χ1) is 38.5. The molecule has 0 amide bonds. The van der Waals surface area contributed by atoms with Gasteiger partial charge in [0.15, 0.2) is 0 Å². The molecule has 2 aliphatic heterocycles. The highest BCUT2D eigenvalue weighted by atomic mass is 15.2. The van der Waals surface area contributed by atoms with E-state index >= 15 is 0 Å². The number of hydrogen-bond acceptors (Lipinski definition) is 3. The third-order valence-electron chi connectivity index (χ3n) is 16.5. The SMILES string of the molecule is CC(C)(C)c1ccc(-c2ccccc2N2c3ccccc3B3c4ccc(-n5c6ccccc6c6ccccc65)cc4N(c4ccccc4-c4ccc(C(C)(C)C)cc4)c4cc(N(c5ccccc5)c5ccccc5)cc2c43)cc1. The highest BCUT2D eigenvalue weighted by Crippen LogP contribution is 2.51. The first-order valence-corrected chi connectivity index (χ1v) is 27.8. The van der Waals surface area contributed by atoms with Gasteiger partial charge in [-0.25, -0.2) is 0 Å².